The Bertz CT molecular complexity index is 322. The largest absolute Gasteiger partial charge is 0.342 e. The van der Waals surface area contributed by atoms with Crippen molar-refractivity contribution in [1.82, 2.24) is 10.2 Å². The van der Waals surface area contributed by atoms with Gasteiger partial charge in [0.25, 0.3) is 0 Å². The van der Waals surface area contributed by atoms with Crippen LogP contribution in [0.1, 0.15) is 34.1 Å². The van der Waals surface area contributed by atoms with Gasteiger partial charge in [-0.15, -0.1) is 0 Å². The average molecular weight is 272 g/mol. The fourth-order valence-corrected chi connectivity index (χ4v) is 3.00. The van der Waals surface area contributed by atoms with Crippen LogP contribution >= 0.6 is 11.8 Å². The van der Waals surface area contributed by atoms with Crippen molar-refractivity contribution in [2.24, 2.45) is 5.92 Å². The number of carbonyl (C=O) groups is 2. The fraction of sp³-hybridized carbons (Fsp3) is 0.846. The summed E-state index contributed by atoms with van der Waals surface area (Å²) in [5, 5.41) is 2.86. The molecule has 0 radical (unpaired) electrons. The van der Waals surface area contributed by atoms with Gasteiger partial charge in [-0.1, -0.05) is 20.3 Å². The summed E-state index contributed by atoms with van der Waals surface area (Å²) in [6, 6.07) is -0.622. The number of hydrogen-bond donors (Lipinski definition) is 1. The van der Waals surface area contributed by atoms with E-state index >= 15 is 0 Å². The summed E-state index contributed by atoms with van der Waals surface area (Å²) in [6.07, 6.45) is 2.90. The molecule has 0 aromatic heterocycles. The van der Waals surface area contributed by atoms with Crippen LogP contribution in [0.25, 0.3) is 0 Å². The smallest absolute Gasteiger partial charge is 0.246 e. The Morgan fingerprint density at radius 3 is 2.50 bits per heavy atom. The predicted octanol–water partition coefficient (Wildman–Crippen LogP) is 1.50. The van der Waals surface area contributed by atoms with E-state index < -0.39 is 0 Å². The molecule has 1 fully saturated rings. The van der Waals surface area contributed by atoms with Crippen LogP contribution in [0.4, 0.5) is 0 Å². The van der Waals surface area contributed by atoms with Gasteiger partial charge in [0.15, 0.2) is 0 Å². The highest BCUT2D eigenvalue weighted by Crippen LogP contribution is 2.21. The number of thioether (sulfide) groups is 1. The number of piperazine rings is 1. The molecule has 0 aromatic carbocycles. The standard InChI is InChI=1S/C13H24N2O2S/c1-6-8(2)11-13(17)15(9(3)7-18-5)10(4)12(16)14-11/h8-11H,6-7H2,1-5H3,(H,14,16). The second kappa shape index (κ2) is 6.45. The van der Waals surface area contributed by atoms with Crippen molar-refractivity contribution < 1.29 is 9.59 Å². The Kier molecular flexibility index (Phi) is 5.50. The first-order valence-electron chi connectivity index (χ1n) is 6.55. The summed E-state index contributed by atoms with van der Waals surface area (Å²) in [6.45, 7) is 7.86. The molecule has 4 nitrogen and oxygen atoms in total. The van der Waals surface area contributed by atoms with Crippen LogP contribution in [0.3, 0.4) is 0 Å². The van der Waals surface area contributed by atoms with Gasteiger partial charge in [0.2, 0.25) is 11.8 Å². The Morgan fingerprint density at radius 1 is 1.39 bits per heavy atom. The zero-order valence-corrected chi connectivity index (χ0v) is 12.7. The average Bonchev–Trinajstić information content (AvgIpc) is 2.33. The second-order valence-corrected chi connectivity index (χ2v) is 6.01. The van der Waals surface area contributed by atoms with Crippen LogP contribution in [-0.2, 0) is 9.59 Å². The zero-order valence-electron chi connectivity index (χ0n) is 11.9. The van der Waals surface area contributed by atoms with Gasteiger partial charge >= 0.3 is 0 Å². The van der Waals surface area contributed by atoms with E-state index in [1.165, 1.54) is 0 Å². The maximum absolute atomic E-state index is 12.5. The van der Waals surface area contributed by atoms with E-state index in [9.17, 15) is 9.59 Å². The van der Waals surface area contributed by atoms with Crippen LogP contribution in [0.15, 0.2) is 0 Å². The summed E-state index contributed by atoms with van der Waals surface area (Å²) < 4.78 is 0. The molecule has 0 bridgehead atoms. The van der Waals surface area contributed by atoms with Gasteiger partial charge in [-0.2, -0.15) is 11.8 Å². The minimum absolute atomic E-state index is 0.0344. The normalized spacial score (nSPS) is 27.9. The van der Waals surface area contributed by atoms with E-state index in [0.717, 1.165) is 12.2 Å². The van der Waals surface area contributed by atoms with Gasteiger partial charge in [0.1, 0.15) is 12.1 Å². The van der Waals surface area contributed by atoms with Crippen LogP contribution in [0.2, 0.25) is 0 Å². The summed E-state index contributed by atoms with van der Waals surface area (Å²) in [7, 11) is 0. The maximum Gasteiger partial charge on any atom is 0.246 e. The van der Waals surface area contributed by atoms with Crippen molar-refractivity contribution in [2.75, 3.05) is 12.0 Å². The molecular formula is C13H24N2O2S. The molecule has 104 valence electrons. The zero-order chi connectivity index (χ0) is 13.9. The third-order valence-electron chi connectivity index (χ3n) is 3.71. The molecule has 2 amide bonds. The number of hydrogen-bond acceptors (Lipinski definition) is 3. The molecular weight excluding hydrogens is 248 g/mol. The lowest BCUT2D eigenvalue weighted by Crippen LogP contribution is -2.66. The van der Waals surface area contributed by atoms with Crippen molar-refractivity contribution in [1.29, 1.82) is 0 Å². The lowest BCUT2D eigenvalue weighted by Gasteiger charge is -2.42. The molecule has 0 aliphatic carbocycles. The minimum atomic E-state index is -0.361. The van der Waals surface area contributed by atoms with Crippen molar-refractivity contribution in [3.05, 3.63) is 0 Å². The molecule has 0 aromatic rings. The van der Waals surface area contributed by atoms with Crippen molar-refractivity contribution in [3.63, 3.8) is 0 Å². The highest BCUT2D eigenvalue weighted by Gasteiger charge is 2.41. The van der Waals surface area contributed by atoms with Crippen LogP contribution in [0.5, 0.6) is 0 Å². The van der Waals surface area contributed by atoms with Crippen LogP contribution in [0, 0.1) is 5.92 Å². The molecule has 0 spiro atoms. The summed E-state index contributed by atoms with van der Waals surface area (Å²) in [5.41, 5.74) is 0. The molecule has 4 atom stereocenters. The first-order chi connectivity index (χ1) is 8.43. The number of carbonyl (C=O) groups excluding carboxylic acids is 2. The molecule has 1 rings (SSSR count). The van der Waals surface area contributed by atoms with Crippen LogP contribution in [-0.4, -0.2) is 46.8 Å². The summed E-state index contributed by atoms with van der Waals surface area (Å²) in [4.78, 5) is 26.2. The SMILES string of the molecule is CCC(C)C1NC(=O)C(C)N(C(C)CSC)C1=O. The Balaban J connectivity index is 2.92. The summed E-state index contributed by atoms with van der Waals surface area (Å²) >= 11 is 1.70. The lowest BCUT2D eigenvalue weighted by atomic mass is 9.94. The number of nitrogens with one attached hydrogen (secondary N) is 1. The minimum Gasteiger partial charge on any atom is -0.342 e. The fourth-order valence-electron chi connectivity index (χ4n) is 2.36. The lowest BCUT2D eigenvalue weighted by molar-refractivity contribution is -0.152. The molecule has 0 saturated carbocycles. The van der Waals surface area contributed by atoms with Gasteiger partial charge in [0.05, 0.1) is 0 Å². The molecule has 1 saturated heterocycles. The van der Waals surface area contributed by atoms with Crippen molar-refractivity contribution in [3.8, 4) is 0 Å². The molecule has 1 heterocycles. The van der Waals surface area contributed by atoms with E-state index in [4.69, 9.17) is 0 Å². The maximum atomic E-state index is 12.5. The number of amides is 2. The molecule has 4 unspecified atom stereocenters. The van der Waals surface area contributed by atoms with Gasteiger partial charge in [-0.3, -0.25) is 9.59 Å². The van der Waals surface area contributed by atoms with E-state index in [0.29, 0.717) is 0 Å². The number of rotatable bonds is 5. The predicted molar refractivity (Wildman–Crippen MR) is 75.5 cm³/mol. The number of nitrogens with zero attached hydrogens (tertiary/aromatic N) is 1. The summed E-state index contributed by atoms with van der Waals surface area (Å²) in [5.74, 6) is 1.07. The quantitative estimate of drug-likeness (QED) is 0.825. The Morgan fingerprint density at radius 2 is 2.00 bits per heavy atom. The van der Waals surface area contributed by atoms with Gasteiger partial charge < -0.3 is 10.2 Å². The molecule has 1 aliphatic rings. The Hall–Kier alpha value is -0.710. The highest BCUT2D eigenvalue weighted by molar-refractivity contribution is 7.98. The van der Waals surface area contributed by atoms with E-state index in [2.05, 4.69) is 5.32 Å². The topological polar surface area (TPSA) is 49.4 Å². The van der Waals surface area contributed by atoms with Crippen LogP contribution < -0.4 is 5.32 Å². The first-order valence-corrected chi connectivity index (χ1v) is 7.94. The van der Waals surface area contributed by atoms with Gasteiger partial charge in [-0.25, -0.2) is 0 Å². The third-order valence-corrected chi connectivity index (χ3v) is 4.53. The molecule has 1 aliphatic heterocycles. The second-order valence-electron chi connectivity index (χ2n) is 5.10. The first kappa shape index (κ1) is 15.3. The monoisotopic (exact) mass is 272 g/mol. The highest BCUT2D eigenvalue weighted by atomic mass is 32.2. The molecule has 5 heteroatoms. The van der Waals surface area contributed by atoms with Crippen molar-refractivity contribution >= 4 is 23.6 Å². The molecule has 1 N–H and O–H groups in total. The van der Waals surface area contributed by atoms with Crippen molar-refractivity contribution in [2.45, 2.75) is 52.2 Å². The Labute approximate surface area is 114 Å². The van der Waals surface area contributed by atoms with Gasteiger partial charge in [0, 0.05) is 11.8 Å². The van der Waals surface area contributed by atoms with E-state index in [-0.39, 0.29) is 35.9 Å². The third kappa shape index (κ3) is 2.99. The van der Waals surface area contributed by atoms with Gasteiger partial charge in [-0.05, 0) is 26.0 Å². The van der Waals surface area contributed by atoms with E-state index in [1.54, 1.807) is 23.6 Å². The molecule has 18 heavy (non-hydrogen) atoms. The van der Waals surface area contributed by atoms with E-state index in [1.807, 2.05) is 27.0 Å².